The molecule has 0 amide bonds. The van der Waals surface area contributed by atoms with Gasteiger partial charge in [-0.25, -0.2) is 0 Å². The first-order valence-corrected chi connectivity index (χ1v) is 9.02. The van der Waals surface area contributed by atoms with Crippen LogP contribution in [-0.4, -0.2) is 42.6 Å². The summed E-state index contributed by atoms with van der Waals surface area (Å²) < 4.78 is 8.26. The van der Waals surface area contributed by atoms with Gasteiger partial charge in [0, 0.05) is 21.4 Å². The van der Waals surface area contributed by atoms with Gasteiger partial charge in [-0.1, -0.05) is 23.7 Å². The van der Waals surface area contributed by atoms with E-state index in [9.17, 15) is 4.79 Å². The molecule has 25 heavy (non-hydrogen) atoms. The maximum absolute atomic E-state index is 13.0. The number of aromatic nitrogens is 1. The largest absolute Gasteiger partial charge is 0.490 e. The number of fused-ring (bicyclic) bond motifs is 1. The summed E-state index contributed by atoms with van der Waals surface area (Å²) in [5, 5.41) is 1.43. The predicted molar refractivity (Wildman–Crippen MR) is 105 cm³/mol. The molecule has 130 valence electrons. The highest BCUT2D eigenvalue weighted by atomic mass is 79.9. The van der Waals surface area contributed by atoms with E-state index in [1.54, 1.807) is 22.9 Å². The van der Waals surface area contributed by atoms with Crippen LogP contribution in [-0.2, 0) is 0 Å². The van der Waals surface area contributed by atoms with Crippen molar-refractivity contribution in [2.75, 3.05) is 27.2 Å². The van der Waals surface area contributed by atoms with E-state index >= 15 is 0 Å². The highest BCUT2D eigenvalue weighted by Crippen LogP contribution is 2.32. The lowest BCUT2D eigenvalue weighted by Crippen LogP contribution is -2.19. The fourth-order valence-corrected chi connectivity index (χ4v) is 3.18. The Morgan fingerprint density at radius 3 is 2.72 bits per heavy atom. The van der Waals surface area contributed by atoms with E-state index in [1.807, 2.05) is 49.3 Å². The second-order valence-electron chi connectivity index (χ2n) is 5.96. The number of nitrogens with zero attached hydrogens (tertiary/aromatic N) is 2. The number of carbonyl (C=O) groups excluding carboxylic acids is 1. The maximum atomic E-state index is 13.0. The Morgan fingerprint density at radius 1 is 1.24 bits per heavy atom. The summed E-state index contributed by atoms with van der Waals surface area (Å²) in [5.74, 6) is 0.530. The SMILES string of the molecule is CN(C)CCOc1cn(C(=O)c2ccccc2Br)c2ccc(Cl)cc12. The fourth-order valence-electron chi connectivity index (χ4n) is 2.56. The zero-order chi connectivity index (χ0) is 18.0. The van der Waals surface area contributed by atoms with E-state index in [0.717, 1.165) is 21.9 Å². The number of benzene rings is 2. The van der Waals surface area contributed by atoms with E-state index in [1.165, 1.54) is 0 Å². The van der Waals surface area contributed by atoms with Gasteiger partial charge in [0.05, 0.1) is 17.3 Å². The topological polar surface area (TPSA) is 34.5 Å². The average molecular weight is 422 g/mol. The molecule has 0 N–H and O–H groups in total. The Bertz CT molecular complexity index is 921. The van der Waals surface area contributed by atoms with Crippen LogP contribution in [0.3, 0.4) is 0 Å². The number of hydrogen-bond donors (Lipinski definition) is 0. The van der Waals surface area contributed by atoms with Crippen LogP contribution in [0.5, 0.6) is 5.75 Å². The van der Waals surface area contributed by atoms with Gasteiger partial charge in [-0.15, -0.1) is 0 Å². The van der Waals surface area contributed by atoms with Gasteiger partial charge in [-0.3, -0.25) is 9.36 Å². The van der Waals surface area contributed by atoms with E-state index < -0.39 is 0 Å². The molecule has 0 aliphatic carbocycles. The Labute approximate surface area is 160 Å². The van der Waals surface area contributed by atoms with Gasteiger partial charge < -0.3 is 9.64 Å². The van der Waals surface area contributed by atoms with E-state index in [0.29, 0.717) is 22.9 Å². The molecule has 2 aromatic carbocycles. The Balaban J connectivity index is 2.03. The first-order chi connectivity index (χ1) is 12.0. The number of ether oxygens (including phenoxy) is 1. The van der Waals surface area contributed by atoms with Gasteiger partial charge in [0.1, 0.15) is 12.4 Å². The fraction of sp³-hybridized carbons (Fsp3) is 0.211. The molecule has 0 saturated heterocycles. The van der Waals surface area contributed by atoms with Crippen LogP contribution in [0.25, 0.3) is 10.9 Å². The zero-order valence-corrected chi connectivity index (χ0v) is 16.3. The van der Waals surface area contributed by atoms with Crippen molar-refractivity contribution < 1.29 is 9.53 Å². The van der Waals surface area contributed by atoms with E-state index in [4.69, 9.17) is 16.3 Å². The minimum atomic E-state index is -0.123. The predicted octanol–water partition coefficient (Wildman–Crippen LogP) is 4.69. The van der Waals surface area contributed by atoms with Gasteiger partial charge in [0.15, 0.2) is 0 Å². The minimum Gasteiger partial charge on any atom is -0.490 e. The molecule has 0 aliphatic rings. The zero-order valence-electron chi connectivity index (χ0n) is 14.0. The van der Waals surface area contributed by atoms with Crippen molar-refractivity contribution >= 4 is 44.3 Å². The van der Waals surface area contributed by atoms with Crippen LogP contribution in [0.1, 0.15) is 10.4 Å². The van der Waals surface area contributed by atoms with Crippen molar-refractivity contribution in [2.45, 2.75) is 0 Å². The molecule has 3 aromatic rings. The molecule has 1 heterocycles. The summed E-state index contributed by atoms with van der Waals surface area (Å²) in [6.45, 7) is 1.31. The lowest BCUT2D eigenvalue weighted by molar-refractivity contribution is 0.0963. The second kappa shape index (κ2) is 7.60. The van der Waals surface area contributed by atoms with Gasteiger partial charge in [0.2, 0.25) is 0 Å². The summed E-state index contributed by atoms with van der Waals surface area (Å²) in [5.41, 5.74) is 1.36. The standard InChI is InChI=1S/C19H18BrClN2O2/c1-22(2)9-10-25-18-12-23(17-8-7-13(21)11-15(17)18)19(24)14-5-3-4-6-16(14)20/h3-8,11-12H,9-10H2,1-2H3. The maximum Gasteiger partial charge on any atom is 0.263 e. The number of carbonyl (C=O) groups is 1. The number of hydrogen-bond acceptors (Lipinski definition) is 3. The molecule has 3 rings (SSSR count). The quantitative estimate of drug-likeness (QED) is 0.599. The van der Waals surface area contributed by atoms with Crippen LogP contribution in [0, 0.1) is 0 Å². The molecule has 0 fully saturated rings. The Morgan fingerprint density at radius 2 is 2.00 bits per heavy atom. The molecule has 0 bridgehead atoms. The van der Waals surface area contributed by atoms with Gasteiger partial charge in [0.25, 0.3) is 5.91 Å². The number of halogens is 2. The first-order valence-electron chi connectivity index (χ1n) is 7.85. The lowest BCUT2D eigenvalue weighted by Gasteiger charge is -2.10. The third-order valence-corrected chi connectivity index (χ3v) is 4.78. The molecule has 0 unspecified atom stereocenters. The van der Waals surface area contributed by atoms with Crippen molar-refractivity contribution in [3.05, 3.63) is 63.7 Å². The van der Waals surface area contributed by atoms with E-state index in [-0.39, 0.29) is 5.91 Å². The summed E-state index contributed by atoms with van der Waals surface area (Å²) in [6, 6.07) is 12.8. The molecule has 6 heteroatoms. The van der Waals surface area contributed by atoms with Crippen molar-refractivity contribution in [3.8, 4) is 5.75 Å². The average Bonchev–Trinajstić information content (AvgIpc) is 2.92. The molecule has 4 nitrogen and oxygen atoms in total. The van der Waals surface area contributed by atoms with Gasteiger partial charge in [-0.05, 0) is 60.4 Å². The molecule has 0 spiro atoms. The molecular weight excluding hydrogens is 404 g/mol. The Hall–Kier alpha value is -1.82. The molecular formula is C19H18BrClN2O2. The highest BCUT2D eigenvalue weighted by Gasteiger charge is 2.18. The van der Waals surface area contributed by atoms with Gasteiger partial charge in [-0.2, -0.15) is 0 Å². The Kier molecular flexibility index (Phi) is 5.47. The van der Waals surface area contributed by atoms with Crippen LogP contribution in [0.4, 0.5) is 0 Å². The summed E-state index contributed by atoms with van der Waals surface area (Å²) in [7, 11) is 3.97. The molecule has 0 radical (unpaired) electrons. The first kappa shape index (κ1) is 18.0. The molecule has 1 aromatic heterocycles. The summed E-state index contributed by atoms with van der Waals surface area (Å²) in [4.78, 5) is 15.0. The second-order valence-corrected chi connectivity index (χ2v) is 7.25. The van der Waals surface area contributed by atoms with Crippen LogP contribution in [0.2, 0.25) is 5.02 Å². The molecule has 0 saturated carbocycles. The third kappa shape index (κ3) is 3.89. The minimum absolute atomic E-state index is 0.123. The van der Waals surface area contributed by atoms with Gasteiger partial charge >= 0.3 is 0 Å². The van der Waals surface area contributed by atoms with Crippen molar-refractivity contribution in [1.29, 1.82) is 0 Å². The van der Waals surface area contributed by atoms with E-state index in [2.05, 4.69) is 15.9 Å². The van der Waals surface area contributed by atoms with Crippen LogP contribution < -0.4 is 4.74 Å². The normalized spacial score (nSPS) is 11.2. The molecule has 0 aliphatic heterocycles. The van der Waals surface area contributed by atoms with Crippen LogP contribution >= 0.6 is 27.5 Å². The van der Waals surface area contributed by atoms with Crippen molar-refractivity contribution in [1.82, 2.24) is 9.47 Å². The van der Waals surface area contributed by atoms with Crippen molar-refractivity contribution in [3.63, 3.8) is 0 Å². The molecule has 0 atom stereocenters. The highest BCUT2D eigenvalue weighted by molar-refractivity contribution is 9.10. The number of rotatable bonds is 5. The lowest BCUT2D eigenvalue weighted by atomic mass is 10.2. The van der Waals surface area contributed by atoms with Crippen LogP contribution in [0.15, 0.2) is 53.1 Å². The third-order valence-electron chi connectivity index (χ3n) is 3.85. The summed E-state index contributed by atoms with van der Waals surface area (Å²) in [6.07, 6.45) is 1.73. The summed E-state index contributed by atoms with van der Waals surface area (Å²) >= 11 is 9.58. The smallest absolute Gasteiger partial charge is 0.263 e. The monoisotopic (exact) mass is 420 g/mol. The van der Waals surface area contributed by atoms with Crippen molar-refractivity contribution in [2.24, 2.45) is 0 Å². The number of likely N-dealkylation sites (N-methyl/N-ethyl adjacent to an activating group) is 1.